The largest absolute Gasteiger partial charge is 0.353 e. The summed E-state index contributed by atoms with van der Waals surface area (Å²) in [5.74, 6) is 1.09. The summed E-state index contributed by atoms with van der Waals surface area (Å²) < 4.78 is 6.21. The molecule has 0 saturated heterocycles. The van der Waals surface area contributed by atoms with E-state index in [0.29, 0.717) is 24.6 Å². The normalized spacial score (nSPS) is 20.4. The highest BCUT2D eigenvalue weighted by Gasteiger charge is 2.20. The molecule has 9 heteroatoms. The summed E-state index contributed by atoms with van der Waals surface area (Å²) in [6.07, 6.45) is 4.70. The molecular weight excluding hydrogens is 416 g/mol. The predicted molar refractivity (Wildman–Crippen MR) is 99.3 cm³/mol. The second-order valence-electron chi connectivity index (χ2n) is 5.82. The van der Waals surface area contributed by atoms with Crippen molar-refractivity contribution in [1.29, 1.82) is 0 Å². The van der Waals surface area contributed by atoms with Gasteiger partial charge in [-0.25, -0.2) is 0 Å². The van der Waals surface area contributed by atoms with E-state index < -0.39 is 0 Å². The Morgan fingerprint density at radius 3 is 2.83 bits per heavy atom. The fourth-order valence-corrected chi connectivity index (χ4v) is 4.02. The number of hydrogen-bond donors (Lipinski definition) is 2. The molecule has 0 aliphatic heterocycles. The Hall–Kier alpha value is -0.960. The third-order valence-corrected chi connectivity index (χ3v) is 5.65. The third-order valence-electron chi connectivity index (χ3n) is 3.96. The zero-order chi connectivity index (χ0) is 16.2. The van der Waals surface area contributed by atoms with Crippen LogP contribution in [0, 0.1) is 0 Å². The van der Waals surface area contributed by atoms with Crippen molar-refractivity contribution in [2.45, 2.75) is 50.6 Å². The molecular formula is C15H20BrClN4O2S. The van der Waals surface area contributed by atoms with Crippen LogP contribution in [0.3, 0.4) is 0 Å². The number of nitrogens with zero attached hydrogens (tertiary/aromatic N) is 2. The van der Waals surface area contributed by atoms with Crippen molar-refractivity contribution >= 4 is 45.6 Å². The van der Waals surface area contributed by atoms with Gasteiger partial charge in [-0.15, -0.1) is 23.7 Å². The predicted octanol–water partition coefficient (Wildman–Crippen LogP) is 3.30. The molecule has 1 aliphatic rings. The second kappa shape index (κ2) is 8.94. The summed E-state index contributed by atoms with van der Waals surface area (Å²) in [4.78, 5) is 17.3. The molecule has 24 heavy (non-hydrogen) atoms. The van der Waals surface area contributed by atoms with Gasteiger partial charge in [0.15, 0.2) is 0 Å². The smallest absolute Gasteiger partial charge is 0.227 e. The summed E-state index contributed by atoms with van der Waals surface area (Å²) in [6, 6.07) is 2.49. The topological polar surface area (TPSA) is 94.0 Å². The number of rotatable bonds is 5. The fourth-order valence-electron chi connectivity index (χ4n) is 2.67. The van der Waals surface area contributed by atoms with E-state index in [0.717, 1.165) is 35.0 Å². The van der Waals surface area contributed by atoms with Gasteiger partial charge in [0.2, 0.25) is 17.6 Å². The van der Waals surface area contributed by atoms with Crippen molar-refractivity contribution in [3.05, 3.63) is 21.8 Å². The summed E-state index contributed by atoms with van der Waals surface area (Å²) >= 11 is 4.94. The van der Waals surface area contributed by atoms with E-state index in [2.05, 4.69) is 31.4 Å². The zero-order valence-electron chi connectivity index (χ0n) is 13.0. The number of nitrogens with two attached hydrogens (primary N) is 1. The number of carbonyl (C=O) groups is 1. The number of aromatic nitrogens is 2. The van der Waals surface area contributed by atoms with Gasteiger partial charge in [0, 0.05) is 34.8 Å². The van der Waals surface area contributed by atoms with E-state index in [1.807, 2.05) is 11.4 Å². The minimum Gasteiger partial charge on any atom is -0.353 e. The minimum atomic E-state index is 0. The van der Waals surface area contributed by atoms with Crippen molar-refractivity contribution in [2.75, 3.05) is 0 Å². The highest BCUT2D eigenvalue weighted by molar-refractivity contribution is 9.10. The van der Waals surface area contributed by atoms with E-state index in [4.69, 9.17) is 10.3 Å². The lowest BCUT2D eigenvalue weighted by Gasteiger charge is -2.26. The molecule has 1 amide bonds. The quantitative estimate of drug-likeness (QED) is 0.751. The molecule has 1 fully saturated rings. The number of carbonyl (C=O) groups excluding carboxylic acids is 1. The van der Waals surface area contributed by atoms with Crippen LogP contribution < -0.4 is 11.1 Å². The van der Waals surface area contributed by atoms with Gasteiger partial charge < -0.3 is 15.6 Å². The van der Waals surface area contributed by atoms with Gasteiger partial charge in [0.25, 0.3) is 0 Å². The van der Waals surface area contributed by atoms with Crippen LogP contribution in [0.4, 0.5) is 0 Å². The molecule has 3 N–H and O–H groups in total. The molecule has 6 nitrogen and oxygen atoms in total. The molecule has 0 bridgehead atoms. The molecule has 0 atom stereocenters. The molecule has 2 aromatic rings. The zero-order valence-corrected chi connectivity index (χ0v) is 16.3. The number of hydrogen-bond acceptors (Lipinski definition) is 6. The van der Waals surface area contributed by atoms with Crippen LogP contribution in [0.15, 0.2) is 20.4 Å². The molecule has 1 aliphatic carbocycles. The monoisotopic (exact) mass is 434 g/mol. The number of amides is 1. The van der Waals surface area contributed by atoms with Crippen LogP contribution in [0.25, 0.3) is 10.7 Å². The Morgan fingerprint density at radius 1 is 1.42 bits per heavy atom. The average Bonchev–Trinajstić information content (AvgIpc) is 3.16. The van der Waals surface area contributed by atoms with Gasteiger partial charge in [-0.3, -0.25) is 4.79 Å². The lowest BCUT2D eigenvalue weighted by atomic mass is 9.92. The number of aryl methyl sites for hydroxylation is 1. The van der Waals surface area contributed by atoms with Gasteiger partial charge in [0.1, 0.15) is 0 Å². The molecule has 3 rings (SSSR count). The SMILES string of the molecule is Cl.NC1CCC(NC(=O)CCc2nc(-c3cc(Br)cs3)no2)CC1. The van der Waals surface area contributed by atoms with E-state index in [1.54, 1.807) is 11.3 Å². The van der Waals surface area contributed by atoms with E-state index in [-0.39, 0.29) is 30.4 Å². The lowest BCUT2D eigenvalue weighted by Crippen LogP contribution is -2.40. The lowest BCUT2D eigenvalue weighted by molar-refractivity contribution is -0.122. The van der Waals surface area contributed by atoms with Crippen molar-refractivity contribution < 1.29 is 9.32 Å². The summed E-state index contributed by atoms with van der Waals surface area (Å²) in [6.45, 7) is 0. The number of nitrogens with one attached hydrogen (secondary N) is 1. The molecule has 0 unspecified atom stereocenters. The van der Waals surface area contributed by atoms with Crippen LogP contribution in [-0.4, -0.2) is 28.1 Å². The fraction of sp³-hybridized carbons (Fsp3) is 0.533. The van der Waals surface area contributed by atoms with Crippen LogP contribution in [0.2, 0.25) is 0 Å². The Bertz CT molecular complexity index is 670. The Kier molecular flexibility index (Phi) is 7.21. The Morgan fingerprint density at radius 2 is 2.17 bits per heavy atom. The molecule has 0 aromatic carbocycles. The van der Waals surface area contributed by atoms with Crippen molar-refractivity contribution in [1.82, 2.24) is 15.5 Å². The first-order valence-electron chi connectivity index (χ1n) is 7.72. The van der Waals surface area contributed by atoms with E-state index in [9.17, 15) is 4.79 Å². The van der Waals surface area contributed by atoms with Crippen LogP contribution >= 0.6 is 39.7 Å². The van der Waals surface area contributed by atoms with Gasteiger partial charge in [-0.2, -0.15) is 4.98 Å². The minimum absolute atomic E-state index is 0. The van der Waals surface area contributed by atoms with Crippen LogP contribution in [-0.2, 0) is 11.2 Å². The maximum absolute atomic E-state index is 12.0. The molecule has 132 valence electrons. The van der Waals surface area contributed by atoms with Crippen LogP contribution in [0.5, 0.6) is 0 Å². The van der Waals surface area contributed by atoms with Crippen molar-refractivity contribution in [3.63, 3.8) is 0 Å². The van der Waals surface area contributed by atoms with Gasteiger partial charge in [-0.1, -0.05) is 5.16 Å². The first-order valence-corrected chi connectivity index (χ1v) is 9.39. The standard InChI is InChI=1S/C15H19BrN4O2S.ClH/c16-9-7-12(23-8-9)15-19-14(22-20-15)6-5-13(21)18-11-3-1-10(17)2-4-11;/h7-8,10-11H,1-6,17H2,(H,18,21);1H. The van der Waals surface area contributed by atoms with E-state index >= 15 is 0 Å². The molecule has 0 spiro atoms. The number of halogens is 2. The first-order chi connectivity index (χ1) is 11.1. The van der Waals surface area contributed by atoms with Crippen LogP contribution in [0.1, 0.15) is 38.0 Å². The Balaban J connectivity index is 0.00000208. The molecule has 2 aromatic heterocycles. The highest BCUT2D eigenvalue weighted by Crippen LogP contribution is 2.27. The Labute approximate surface area is 159 Å². The summed E-state index contributed by atoms with van der Waals surface area (Å²) in [7, 11) is 0. The maximum atomic E-state index is 12.0. The molecule has 1 saturated carbocycles. The van der Waals surface area contributed by atoms with Gasteiger partial charge in [-0.05, 0) is 47.7 Å². The molecule has 2 heterocycles. The number of thiophene rings is 1. The van der Waals surface area contributed by atoms with Gasteiger partial charge in [0.05, 0.1) is 4.88 Å². The highest BCUT2D eigenvalue weighted by atomic mass is 79.9. The molecule has 0 radical (unpaired) electrons. The summed E-state index contributed by atoms with van der Waals surface area (Å²) in [5.41, 5.74) is 5.87. The second-order valence-corrected chi connectivity index (χ2v) is 7.65. The first kappa shape index (κ1) is 19.4. The van der Waals surface area contributed by atoms with Crippen molar-refractivity contribution in [2.24, 2.45) is 5.73 Å². The van der Waals surface area contributed by atoms with E-state index in [1.165, 1.54) is 0 Å². The average molecular weight is 436 g/mol. The van der Waals surface area contributed by atoms with Gasteiger partial charge >= 0.3 is 0 Å². The third kappa shape index (κ3) is 5.27. The maximum Gasteiger partial charge on any atom is 0.227 e. The summed E-state index contributed by atoms with van der Waals surface area (Å²) in [5, 5.41) is 8.99. The van der Waals surface area contributed by atoms with Crippen molar-refractivity contribution in [3.8, 4) is 10.7 Å².